The number of carbonyl (C=O) groups is 10. The van der Waals surface area contributed by atoms with Gasteiger partial charge in [0.15, 0.2) is 0 Å². The average molecular weight is 935 g/mol. The molecule has 0 unspecified atom stereocenters. The van der Waals surface area contributed by atoms with Crippen molar-refractivity contribution in [1.82, 2.24) is 42.1 Å². The van der Waals surface area contributed by atoms with Crippen LogP contribution in [0.1, 0.15) is 78.7 Å². The van der Waals surface area contributed by atoms with E-state index in [9.17, 15) is 53.1 Å². The molecule has 64 heavy (non-hydrogen) atoms. The molecule has 8 atom stereocenters. The summed E-state index contributed by atoms with van der Waals surface area (Å²) in [5, 5.41) is 27.9. The molecule has 2 saturated heterocycles. The van der Waals surface area contributed by atoms with Gasteiger partial charge in [0.2, 0.25) is 59.1 Å². The second-order valence-electron chi connectivity index (χ2n) is 16.3. The summed E-state index contributed by atoms with van der Waals surface area (Å²) in [5.74, 6) is -7.90. The molecule has 1 aromatic carbocycles. The highest BCUT2D eigenvalue weighted by Gasteiger charge is 2.40. The molecule has 23 heteroatoms. The van der Waals surface area contributed by atoms with Crippen molar-refractivity contribution in [2.24, 2.45) is 23.3 Å². The Morgan fingerprint density at radius 2 is 1.53 bits per heavy atom. The van der Waals surface area contributed by atoms with Crippen molar-refractivity contribution >= 4 is 80.7 Å². The third kappa shape index (κ3) is 16.8. The zero-order valence-electron chi connectivity index (χ0n) is 36.7. The standard InChI is InChI=1S/C41H62N10O11S2/c1-6-22(4)34-40(61)45-23(5)35(56)47-28(18-31(42)53)37(58)49-29(20-64-63-15-13-33(55)46-27(38(59)50-34)17-24-9-11-25(52)12-10-24)41(62)51-14-7-8-30(51)39(60)48-26(16-21(2)3)36(57)44-19-32(43)54/h9-12,21-23,26-30,34,52H,6-8,13-20H2,1-5H3,(H2,42,53)(H2,43,54)(H,44,57)(H,45,61)(H,46,55)(H,47,56)(H,48,60)(H,49,58)(H,50,59)/t22-,23-,26-,27-,28-,29-,30-,34-/m0/s1. The first kappa shape index (κ1) is 52.8. The highest BCUT2D eigenvalue weighted by atomic mass is 33.1. The van der Waals surface area contributed by atoms with Gasteiger partial charge in [-0.1, -0.05) is 67.8 Å². The Kier molecular flexibility index (Phi) is 21.1. The van der Waals surface area contributed by atoms with Gasteiger partial charge in [0.05, 0.1) is 13.0 Å². The number of carbonyl (C=O) groups excluding carboxylic acids is 10. The molecule has 2 aliphatic heterocycles. The zero-order valence-corrected chi connectivity index (χ0v) is 38.4. The lowest BCUT2D eigenvalue weighted by molar-refractivity contribution is -0.142. The van der Waals surface area contributed by atoms with Crippen LogP contribution in [0.25, 0.3) is 0 Å². The molecular formula is C41H62N10O11S2. The van der Waals surface area contributed by atoms with Crippen LogP contribution in [-0.2, 0) is 54.4 Å². The summed E-state index contributed by atoms with van der Waals surface area (Å²) in [4.78, 5) is 134. The number of phenolic OH excluding ortho intramolecular Hbond substituents is 1. The van der Waals surface area contributed by atoms with Crippen LogP contribution >= 0.6 is 21.6 Å². The average Bonchev–Trinajstić information content (AvgIpc) is 3.73. The van der Waals surface area contributed by atoms with Crippen molar-refractivity contribution in [2.45, 2.75) is 122 Å². The fourth-order valence-electron chi connectivity index (χ4n) is 6.90. The molecule has 2 heterocycles. The van der Waals surface area contributed by atoms with Gasteiger partial charge < -0.3 is 58.7 Å². The molecule has 0 bridgehead atoms. The molecular weight excluding hydrogens is 873 g/mol. The van der Waals surface area contributed by atoms with Gasteiger partial charge in [-0.2, -0.15) is 0 Å². The smallest absolute Gasteiger partial charge is 0.246 e. The molecule has 0 radical (unpaired) electrons. The highest BCUT2D eigenvalue weighted by molar-refractivity contribution is 8.76. The van der Waals surface area contributed by atoms with Crippen molar-refractivity contribution in [3.63, 3.8) is 0 Å². The molecule has 12 N–H and O–H groups in total. The number of hydrogen-bond donors (Lipinski definition) is 10. The van der Waals surface area contributed by atoms with E-state index in [1.165, 1.54) is 34.8 Å². The molecule has 0 aliphatic carbocycles. The molecule has 21 nitrogen and oxygen atoms in total. The van der Waals surface area contributed by atoms with Gasteiger partial charge in [-0.25, -0.2) is 0 Å². The number of likely N-dealkylation sites (tertiary alicyclic amines) is 1. The lowest BCUT2D eigenvalue weighted by Gasteiger charge is -2.31. The molecule has 0 spiro atoms. The van der Waals surface area contributed by atoms with Crippen molar-refractivity contribution in [1.29, 1.82) is 0 Å². The molecule has 1 aromatic rings. The van der Waals surface area contributed by atoms with Crippen molar-refractivity contribution in [2.75, 3.05) is 24.6 Å². The predicted molar refractivity (Wildman–Crippen MR) is 238 cm³/mol. The van der Waals surface area contributed by atoms with E-state index < -0.39 is 120 Å². The number of aromatic hydroxyl groups is 1. The normalized spacial score (nSPS) is 24.2. The number of amides is 10. The fraction of sp³-hybridized carbons (Fsp3) is 0.610. The Balaban J connectivity index is 1.94. The maximum atomic E-state index is 14.3. The monoisotopic (exact) mass is 934 g/mol. The summed E-state index contributed by atoms with van der Waals surface area (Å²) in [5.41, 5.74) is 11.3. The van der Waals surface area contributed by atoms with Gasteiger partial charge in [0.1, 0.15) is 48.0 Å². The second-order valence-corrected chi connectivity index (χ2v) is 18.9. The van der Waals surface area contributed by atoms with E-state index in [2.05, 4.69) is 37.2 Å². The predicted octanol–water partition coefficient (Wildman–Crippen LogP) is -1.79. The van der Waals surface area contributed by atoms with Crippen LogP contribution in [0.2, 0.25) is 0 Å². The van der Waals surface area contributed by atoms with E-state index in [-0.39, 0.29) is 55.4 Å². The molecule has 2 aliphatic rings. The van der Waals surface area contributed by atoms with Crippen LogP contribution < -0.4 is 48.7 Å². The molecule has 3 rings (SSSR count). The number of hydrogen-bond acceptors (Lipinski definition) is 13. The van der Waals surface area contributed by atoms with Crippen molar-refractivity contribution in [3.05, 3.63) is 29.8 Å². The lowest BCUT2D eigenvalue weighted by atomic mass is 9.96. The Labute approximate surface area is 380 Å². The zero-order chi connectivity index (χ0) is 47.7. The van der Waals surface area contributed by atoms with Crippen molar-refractivity contribution < 1.29 is 53.1 Å². The Morgan fingerprint density at radius 1 is 0.859 bits per heavy atom. The Hall–Kier alpha value is -5.58. The minimum atomic E-state index is -1.61. The Morgan fingerprint density at radius 3 is 2.16 bits per heavy atom. The van der Waals surface area contributed by atoms with Gasteiger partial charge >= 0.3 is 0 Å². The first-order valence-corrected chi connectivity index (χ1v) is 23.7. The van der Waals surface area contributed by atoms with Crippen LogP contribution in [0.3, 0.4) is 0 Å². The van der Waals surface area contributed by atoms with Gasteiger partial charge in [-0.3, -0.25) is 47.9 Å². The summed E-state index contributed by atoms with van der Waals surface area (Å²) >= 11 is 0. The maximum Gasteiger partial charge on any atom is 0.246 e. The number of primary amides is 2. The number of phenols is 1. The molecule has 2 fully saturated rings. The molecule has 0 aromatic heterocycles. The number of nitrogens with two attached hydrogens (primary N) is 2. The summed E-state index contributed by atoms with van der Waals surface area (Å²) < 4.78 is 0. The van der Waals surface area contributed by atoms with Gasteiger partial charge in [-0.05, 0) is 55.7 Å². The minimum absolute atomic E-state index is 0.000662. The highest BCUT2D eigenvalue weighted by Crippen LogP contribution is 2.26. The van der Waals surface area contributed by atoms with Crippen LogP contribution in [0.15, 0.2) is 24.3 Å². The van der Waals surface area contributed by atoms with Gasteiger partial charge in [-0.15, -0.1) is 0 Å². The van der Waals surface area contributed by atoms with Crippen LogP contribution in [-0.4, -0.2) is 136 Å². The first-order chi connectivity index (χ1) is 30.2. The summed E-state index contributed by atoms with van der Waals surface area (Å²) in [6.07, 6.45) is 0.503. The van der Waals surface area contributed by atoms with E-state index in [0.717, 1.165) is 10.8 Å². The summed E-state index contributed by atoms with van der Waals surface area (Å²) in [6, 6.07) is -2.64. The lowest BCUT2D eigenvalue weighted by Crippen LogP contribution is -2.61. The number of nitrogens with zero attached hydrogens (tertiary/aromatic N) is 1. The third-order valence-corrected chi connectivity index (χ3v) is 13.0. The summed E-state index contributed by atoms with van der Waals surface area (Å²) in [7, 11) is 2.30. The molecule has 354 valence electrons. The van der Waals surface area contributed by atoms with E-state index in [1.54, 1.807) is 26.0 Å². The van der Waals surface area contributed by atoms with Crippen molar-refractivity contribution in [3.8, 4) is 5.75 Å². The first-order valence-electron chi connectivity index (χ1n) is 21.2. The number of nitrogens with one attached hydrogen (secondary N) is 7. The molecule has 10 amide bonds. The number of rotatable bonds is 14. The quantitative estimate of drug-likeness (QED) is 0.0923. The fourth-order valence-corrected chi connectivity index (χ4v) is 9.05. The topological polar surface area (TPSA) is 330 Å². The maximum absolute atomic E-state index is 14.3. The summed E-state index contributed by atoms with van der Waals surface area (Å²) in [6.45, 7) is 8.18. The third-order valence-electron chi connectivity index (χ3n) is 10.6. The van der Waals surface area contributed by atoms with E-state index in [0.29, 0.717) is 18.4 Å². The number of benzene rings is 1. The largest absolute Gasteiger partial charge is 0.508 e. The van der Waals surface area contributed by atoms with E-state index >= 15 is 0 Å². The van der Waals surface area contributed by atoms with Crippen LogP contribution in [0.4, 0.5) is 0 Å². The second kappa shape index (κ2) is 25.6. The minimum Gasteiger partial charge on any atom is -0.508 e. The van der Waals surface area contributed by atoms with Gasteiger partial charge in [0.25, 0.3) is 0 Å². The molecule has 0 saturated carbocycles. The van der Waals surface area contributed by atoms with Crippen LogP contribution in [0, 0.1) is 11.8 Å². The van der Waals surface area contributed by atoms with E-state index in [4.69, 9.17) is 11.5 Å². The van der Waals surface area contributed by atoms with E-state index in [1.807, 2.05) is 13.8 Å². The Bertz CT molecular complexity index is 1870. The van der Waals surface area contributed by atoms with Gasteiger partial charge in [0, 0.05) is 30.9 Å². The SMILES string of the molecule is CC[C@H](C)[C@@H]1NC(=O)[C@H](Cc2ccc(O)cc2)NC(=O)CCSSC[C@@H](C(=O)N2CCC[C@H]2C(=O)N[C@@H](CC(C)C)C(=O)NCC(N)=O)NC(=O)[C@H](CC(N)=O)NC(=O)[C@H](C)NC1=O. The van der Waals surface area contributed by atoms with Crippen LogP contribution in [0.5, 0.6) is 5.75 Å².